The van der Waals surface area contributed by atoms with Gasteiger partial charge in [-0.2, -0.15) is 0 Å². The molecule has 2 saturated heterocycles. The second kappa shape index (κ2) is 10.8. The Kier molecular flexibility index (Phi) is 7.78. The molecular formula is C36H46N2O4. The summed E-state index contributed by atoms with van der Waals surface area (Å²) < 4.78 is 12.0. The molecule has 2 heterocycles. The van der Waals surface area contributed by atoms with E-state index in [1.165, 1.54) is 0 Å². The summed E-state index contributed by atoms with van der Waals surface area (Å²) >= 11 is 0. The van der Waals surface area contributed by atoms with E-state index in [0.29, 0.717) is 11.1 Å². The molecule has 3 aromatic carbocycles. The summed E-state index contributed by atoms with van der Waals surface area (Å²) in [6.45, 7) is 17.2. The van der Waals surface area contributed by atoms with Gasteiger partial charge in [-0.1, -0.05) is 36.4 Å². The van der Waals surface area contributed by atoms with Gasteiger partial charge in [0.25, 0.3) is 0 Å². The molecule has 0 unspecified atom stereocenters. The summed E-state index contributed by atoms with van der Waals surface area (Å²) in [6.07, 6.45) is 2.83. The molecule has 0 amide bonds. The predicted molar refractivity (Wildman–Crippen MR) is 169 cm³/mol. The molecule has 0 spiro atoms. The van der Waals surface area contributed by atoms with E-state index in [1.807, 2.05) is 54.6 Å². The molecule has 0 radical (unpaired) electrons. The molecule has 0 aliphatic carbocycles. The van der Waals surface area contributed by atoms with Crippen molar-refractivity contribution < 1.29 is 19.1 Å². The van der Waals surface area contributed by atoms with Gasteiger partial charge in [0.15, 0.2) is 0 Å². The van der Waals surface area contributed by atoms with Crippen LogP contribution in [0.1, 0.15) is 102 Å². The van der Waals surface area contributed by atoms with Gasteiger partial charge in [-0.05, 0) is 102 Å². The van der Waals surface area contributed by atoms with Gasteiger partial charge < -0.3 is 20.1 Å². The topological polar surface area (TPSA) is 76.7 Å². The number of piperidine rings is 2. The van der Waals surface area contributed by atoms with Crippen LogP contribution in [0, 0.1) is 0 Å². The number of rotatable bonds is 5. The van der Waals surface area contributed by atoms with E-state index in [2.05, 4.69) is 72.1 Å². The SMILES string of the molecule is CC1(C)CC(OC(=O)c2ccc(-c3ccc4c(C(=O)OC5CC(C)(C)NC(C)(C)C5)cccc4c3)cc2)CC(C)(C)N1. The zero-order chi connectivity index (χ0) is 30.5. The number of ether oxygens (including phenoxy) is 2. The fourth-order valence-electron chi connectivity index (χ4n) is 7.50. The van der Waals surface area contributed by atoms with Gasteiger partial charge >= 0.3 is 11.9 Å². The standard InChI is InChI=1S/C36H46N2O4/c1-33(2)19-27(20-34(3,4)37-33)41-31(39)24-14-12-23(13-15-24)25-16-17-29-26(18-25)10-9-11-30(29)32(40)42-28-21-35(5,6)38-36(7,8)22-28/h9-18,27-28,37-38H,19-22H2,1-8H3. The van der Waals surface area contributed by atoms with Crippen LogP contribution in [0.15, 0.2) is 60.7 Å². The van der Waals surface area contributed by atoms with Crippen LogP contribution >= 0.6 is 0 Å². The average molecular weight is 571 g/mol. The second-order valence-corrected chi connectivity index (χ2v) is 15.0. The molecule has 224 valence electrons. The van der Waals surface area contributed by atoms with Crippen molar-refractivity contribution in [1.82, 2.24) is 10.6 Å². The van der Waals surface area contributed by atoms with Crippen LogP contribution < -0.4 is 10.6 Å². The lowest BCUT2D eigenvalue weighted by Gasteiger charge is -2.45. The van der Waals surface area contributed by atoms with Gasteiger partial charge in [0, 0.05) is 47.8 Å². The van der Waals surface area contributed by atoms with E-state index < -0.39 is 0 Å². The van der Waals surface area contributed by atoms with Crippen LogP contribution in [-0.4, -0.2) is 46.3 Å². The number of esters is 2. The molecule has 0 aromatic heterocycles. The van der Waals surface area contributed by atoms with Crippen LogP contribution in [0.5, 0.6) is 0 Å². The molecular weight excluding hydrogens is 524 g/mol. The van der Waals surface area contributed by atoms with Crippen molar-refractivity contribution in [3.63, 3.8) is 0 Å². The maximum Gasteiger partial charge on any atom is 0.339 e. The predicted octanol–water partition coefficient (Wildman–Crippen LogP) is 7.44. The van der Waals surface area contributed by atoms with E-state index in [-0.39, 0.29) is 46.3 Å². The second-order valence-electron chi connectivity index (χ2n) is 15.0. The molecule has 42 heavy (non-hydrogen) atoms. The first kappa shape index (κ1) is 30.2. The molecule has 6 heteroatoms. The first-order valence-electron chi connectivity index (χ1n) is 15.1. The molecule has 2 N–H and O–H groups in total. The Morgan fingerprint density at radius 2 is 1.10 bits per heavy atom. The van der Waals surface area contributed by atoms with Gasteiger partial charge in [0.1, 0.15) is 12.2 Å². The van der Waals surface area contributed by atoms with Gasteiger partial charge in [0.2, 0.25) is 0 Å². The van der Waals surface area contributed by atoms with Crippen molar-refractivity contribution in [3.05, 3.63) is 71.8 Å². The molecule has 0 atom stereocenters. The summed E-state index contributed by atoms with van der Waals surface area (Å²) in [4.78, 5) is 26.3. The van der Waals surface area contributed by atoms with Crippen molar-refractivity contribution in [3.8, 4) is 11.1 Å². The Balaban J connectivity index is 1.29. The van der Waals surface area contributed by atoms with Gasteiger partial charge in [-0.15, -0.1) is 0 Å². The first-order valence-corrected chi connectivity index (χ1v) is 15.1. The zero-order valence-electron chi connectivity index (χ0n) is 26.4. The van der Waals surface area contributed by atoms with E-state index in [0.717, 1.165) is 47.6 Å². The van der Waals surface area contributed by atoms with Crippen molar-refractivity contribution in [2.75, 3.05) is 0 Å². The highest BCUT2D eigenvalue weighted by molar-refractivity contribution is 6.05. The van der Waals surface area contributed by atoms with E-state index in [1.54, 1.807) is 0 Å². The lowest BCUT2D eigenvalue weighted by atomic mass is 9.81. The van der Waals surface area contributed by atoms with Gasteiger partial charge in [-0.25, -0.2) is 9.59 Å². The average Bonchev–Trinajstić information content (AvgIpc) is 2.84. The van der Waals surface area contributed by atoms with Crippen LogP contribution in [0.4, 0.5) is 0 Å². The summed E-state index contributed by atoms with van der Waals surface area (Å²) in [5, 5.41) is 9.10. The molecule has 2 aliphatic heterocycles. The number of fused-ring (bicyclic) bond motifs is 1. The Bertz CT molecular complexity index is 1450. The Hall–Kier alpha value is -3.22. The van der Waals surface area contributed by atoms with Crippen LogP contribution in [-0.2, 0) is 9.47 Å². The minimum atomic E-state index is -0.290. The maximum absolute atomic E-state index is 13.3. The molecule has 2 fully saturated rings. The maximum atomic E-state index is 13.3. The Morgan fingerprint density at radius 3 is 1.62 bits per heavy atom. The monoisotopic (exact) mass is 570 g/mol. The summed E-state index contributed by atoms with van der Waals surface area (Å²) in [7, 11) is 0. The number of benzene rings is 3. The van der Waals surface area contributed by atoms with E-state index >= 15 is 0 Å². The lowest BCUT2D eigenvalue weighted by Crippen LogP contribution is -2.59. The summed E-state index contributed by atoms with van der Waals surface area (Å²) in [6, 6.07) is 19.4. The number of nitrogens with one attached hydrogen (secondary N) is 2. The van der Waals surface area contributed by atoms with Crippen molar-refractivity contribution in [2.24, 2.45) is 0 Å². The van der Waals surface area contributed by atoms with E-state index in [9.17, 15) is 9.59 Å². The van der Waals surface area contributed by atoms with Crippen LogP contribution in [0.3, 0.4) is 0 Å². The third-order valence-electron chi connectivity index (χ3n) is 8.41. The smallest absolute Gasteiger partial charge is 0.339 e. The minimum absolute atomic E-state index is 0.0928. The summed E-state index contributed by atoms with van der Waals surface area (Å²) in [5.74, 6) is -0.572. The molecule has 2 aliphatic rings. The Labute approximate surface area is 250 Å². The summed E-state index contributed by atoms with van der Waals surface area (Å²) in [5.41, 5.74) is 2.73. The fraction of sp³-hybridized carbons (Fsp3) is 0.500. The van der Waals surface area contributed by atoms with Crippen molar-refractivity contribution >= 4 is 22.7 Å². The third-order valence-corrected chi connectivity index (χ3v) is 8.41. The molecule has 3 aromatic rings. The molecule has 6 nitrogen and oxygen atoms in total. The van der Waals surface area contributed by atoms with Gasteiger partial charge in [-0.3, -0.25) is 0 Å². The zero-order valence-corrected chi connectivity index (χ0v) is 26.4. The third kappa shape index (κ3) is 7.04. The van der Waals surface area contributed by atoms with Crippen LogP contribution in [0.25, 0.3) is 21.9 Å². The molecule has 0 bridgehead atoms. The number of hydrogen-bond acceptors (Lipinski definition) is 6. The van der Waals surface area contributed by atoms with Crippen LogP contribution in [0.2, 0.25) is 0 Å². The lowest BCUT2D eigenvalue weighted by molar-refractivity contribution is -0.00757. The first-order chi connectivity index (χ1) is 19.5. The quantitative estimate of drug-likeness (QED) is 0.311. The number of carbonyl (C=O) groups is 2. The largest absolute Gasteiger partial charge is 0.459 e. The minimum Gasteiger partial charge on any atom is -0.459 e. The highest BCUT2D eigenvalue weighted by atomic mass is 16.5. The molecule has 0 saturated carbocycles. The molecule has 5 rings (SSSR count). The Morgan fingerprint density at radius 1 is 0.619 bits per heavy atom. The van der Waals surface area contributed by atoms with Crippen molar-refractivity contribution in [1.29, 1.82) is 0 Å². The number of carbonyl (C=O) groups excluding carboxylic acids is 2. The highest BCUT2D eigenvalue weighted by Crippen LogP contribution is 2.33. The van der Waals surface area contributed by atoms with Crippen molar-refractivity contribution in [2.45, 2.75) is 115 Å². The normalized spacial score (nSPS) is 21.5. The number of hydrogen-bond donors (Lipinski definition) is 2. The highest BCUT2D eigenvalue weighted by Gasteiger charge is 2.40. The van der Waals surface area contributed by atoms with Gasteiger partial charge in [0.05, 0.1) is 11.1 Å². The van der Waals surface area contributed by atoms with E-state index in [4.69, 9.17) is 9.47 Å². The fourth-order valence-corrected chi connectivity index (χ4v) is 7.50.